The van der Waals surface area contributed by atoms with E-state index in [2.05, 4.69) is 5.32 Å². The lowest BCUT2D eigenvalue weighted by molar-refractivity contribution is -0.120. The molecule has 20 heavy (non-hydrogen) atoms. The second-order valence-electron chi connectivity index (χ2n) is 5.11. The molecule has 112 valence electrons. The van der Waals surface area contributed by atoms with E-state index < -0.39 is 0 Å². The van der Waals surface area contributed by atoms with Crippen LogP contribution in [0.3, 0.4) is 0 Å². The van der Waals surface area contributed by atoms with Crippen LogP contribution in [-0.4, -0.2) is 25.7 Å². The first-order chi connectivity index (χ1) is 9.24. The van der Waals surface area contributed by atoms with Crippen LogP contribution >= 0.6 is 12.4 Å². The standard InChI is InChI=1S/C15H22N2O2.ClH/c16-14-3-1-13(2-4-14)11-15(18)17-8-5-12-6-9-19-10-7-12;/h1-4,12H,5-11,16H2,(H,17,18);1H. The van der Waals surface area contributed by atoms with E-state index in [1.807, 2.05) is 24.3 Å². The first-order valence-electron chi connectivity index (χ1n) is 6.93. The number of amides is 1. The van der Waals surface area contributed by atoms with Crippen molar-refractivity contribution >= 4 is 24.0 Å². The molecule has 0 radical (unpaired) electrons. The number of benzene rings is 1. The molecule has 3 N–H and O–H groups in total. The van der Waals surface area contributed by atoms with Crippen molar-refractivity contribution < 1.29 is 9.53 Å². The average molecular weight is 299 g/mol. The number of nitrogens with two attached hydrogens (primary N) is 1. The lowest BCUT2D eigenvalue weighted by atomic mass is 9.97. The fourth-order valence-electron chi connectivity index (χ4n) is 2.33. The van der Waals surface area contributed by atoms with Gasteiger partial charge in [-0.3, -0.25) is 4.79 Å². The van der Waals surface area contributed by atoms with Crippen LogP contribution in [0.25, 0.3) is 0 Å². The van der Waals surface area contributed by atoms with Gasteiger partial charge in [0.1, 0.15) is 0 Å². The minimum Gasteiger partial charge on any atom is -0.399 e. The zero-order valence-corrected chi connectivity index (χ0v) is 12.5. The molecule has 2 rings (SSSR count). The molecule has 0 aromatic heterocycles. The SMILES string of the molecule is Cl.Nc1ccc(CC(=O)NCCC2CCOCC2)cc1. The van der Waals surface area contributed by atoms with Crippen LogP contribution in [0.5, 0.6) is 0 Å². The number of ether oxygens (including phenoxy) is 1. The largest absolute Gasteiger partial charge is 0.399 e. The maximum Gasteiger partial charge on any atom is 0.224 e. The van der Waals surface area contributed by atoms with Gasteiger partial charge in [0.25, 0.3) is 0 Å². The number of hydrogen-bond acceptors (Lipinski definition) is 3. The molecule has 0 unspecified atom stereocenters. The van der Waals surface area contributed by atoms with Gasteiger partial charge in [0.2, 0.25) is 5.91 Å². The van der Waals surface area contributed by atoms with E-state index in [-0.39, 0.29) is 18.3 Å². The highest BCUT2D eigenvalue weighted by Gasteiger charge is 2.13. The molecule has 0 atom stereocenters. The Kier molecular flexibility index (Phi) is 7.41. The molecule has 1 amide bonds. The van der Waals surface area contributed by atoms with Gasteiger partial charge in [-0.15, -0.1) is 12.4 Å². The van der Waals surface area contributed by atoms with Gasteiger partial charge >= 0.3 is 0 Å². The van der Waals surface area contributed by atoms with E-state index in [1.165, 1.54) is 0 Å². The third-order valence-electron chi connectivity index (χ3n) is 3.56. The summed E-state index contributed by atoms with van der Waals surface area (Å²) in [5.41, 5.74) is 7.33. The van der Waals surface area contributed by atoms with Crippen LogP contribution in [0, 0.1) is 5.92 Å². The molecule has 1 fully saturated rings. The number of halogens is 1. The molecule has 1 saturated heterocycles. The summed E-state index contributed by atoms with van der Waals surface area (Å²) in [6, 6.07) is 7.44. The van der Waals surface area contributed by atoms with Crippen molar-refractivity contribution in [3.63, 3.8) is 0 Å². The Bertz CT molecular complexity index is 403. The van der Waals surface area contributed by atoms with Crippen LogP contribution in [0.15, 0.2) is 24.3 Å². The first-order valence-corrected chi connectivity index (χ1v) is 6.93. The Balaban J connectivity index is 0.00000200. The molecule has 4 nitrogen and oxygen atoms in total. The molecule has 1 aliphatic heterocycles. The molecular formula is C15H23ClN2O2. The van der Waals surface area contributed by atoms with Crippen molar-refractivity contribution in [2.24, 2.45) is 5.92 Å². The van der Waals surface area contributed by atoms with Crippen molar-refractivity contribution in [2.75, 3.05) is 25.5 Å². The summed E-state index contributed by atoms with van der Waals surface area (Å²) < 4.78 is 5.32. The summed E-state index contributed by atoms with van der Waals surface area (Å²) in [7, 11) is 0. The summed E-state index contributed by atoms with van der Waals surface area (Å²) in [6.07, 6.45) is 3.71. The maximum absolute atomic E-state index is 11.8. The Morgan fingerprint density at radius 2 is 1.90 bits per heavy atom. The first kappa shape index (κ1) is 16.8. The van der Waals surface area contributed by atoms with Gasteiger partial charge in [-0.2, -0.15) is 0 Å². The third-order valence-corrected chi connectivity index (χ3v) is 3.56. The quantitative estimate of drug-likeness (QED) is 0.819. The highest BCUT2D eigenvalue weighted by Crippen LogP contribution is 2.17. The van der Waals surface area contributed by atoms with Crippen LogP contribution in [-0.2, 0) is 16.0 Å². The Labute approximate surface area is 126 Å². The fraction of sp³-hybridized carbons (Fsp3) is 0.533. The molecular weight excluding hydrogens is 276 g/mol. The van der Waals surface area contributed by atoms with Gasteiger partial charge in [-0.1, -0.05) is 12.1 Å². The summed E-state index contributed by atoms with van der Waals surface area (Å²) in [4.78, 5) is 11.8. The summed E-state index contributed by atoms with van der Waals surface area (Å²) in [6.45, 7) is 2.49. The number of hydrogen-bond donors (Lipinski definition) is 2. The van der Waals surface area contributed by atoms with E-state index in [4.69, 9.17) is 10.5 Å². The molecule has 5 heteroatoms. The molecule has 1 aliphatic rings. The maximum atomic E-state index is 11.8. The zero-order chi connectivity index (χ0) is 13.5. The lowest BCUT2D eigenvalue weighted by Gasteiger charge is -2.21. The van der Waals surface area contributed by atoms with E-state index in [0.717, 1.165) is 50.3 Å². The summed E-state index contributed by atoms with van der Waals surface area (Å²) in [5.74, 6) is 0.780. The highest BCUT2D eigenvalue weighted by atomic mass is 35.5. The summed E-state index contributed by atoms with van der Waals surface area (Å²) in [5, 5.41) is 2.98. The number of carbonyl (C=O) groups is 1. The van der Waals surface area contributed by atoms with Crippen LogP contribution in [0.4, 0.5) is 5.69 Å². The van der Waals surface area contributed by atoms with Crippen LogP contribution in [0.2, 0.25) is 0 Å². The monoisotopic (exact) mass is 298 g/mol. The normalized spacial score (nSPS) is 15.4. The topological polar surface area (TPSA) is 64.4 Å². The second kappa shape index (κ2) is 8.82. The highest BCUT2D eigenvalue weighted by molar-refractivity contribution is 5.85. The Morgan fingerprint density at radius 1 is 1.25 bits per heavy atom. The average Bonchev–Trinajstić information content (AvgIpc) is 2.43. The van der Waals surface area contributed by atoms with Gasteiger partial charge < -0.3 is 15.8 Å². The van der Waals surface area contributed by atoms with E-state index in [0.29, 0.717) is 12.3 Å². The van der Waals surface area contributed by atoms with Crippen LogP contribution < -0.4 is 11.1 Å². The number of carbonyl (C=O) groups excluding carboxylic acids is 1. The zero-order valence-electron chi connectivity index (χ0n) is 11.6. The third kappa shape index (κ3) is 5.80. The molecule has 1 aromatic carbocycles. The molecule has 1 heterocycles. The molecule has 0 spiro atoms. The van der Waals surface area contributed by atoms with E-state index >= 15 is 0 Å². The lowest BCUT2D eigenvalue weighted by Crippen LogP contribution is -2.28. The van der Waals surface area contributed by atoms with Gasteiger partial charge in [0, 0.05) is 25.4 Å². The molecule has 0 bridgehead atoms. The van der Waals surface area contributed by atoms with Crippen molar-refractivity contribution in [3.05, 3.63) is 29.8 Å². The second-order valence-corrected chi connectivity index (χ2v) is 5.11. The van der Waals surface area contributed by atoms with E-state index in [9.17, 15) is 4.79 Å². The predicted octanol–water partition coefficient (Wildman–Crippen LogP) is 2.17. The number of nitrogen functional groups attached to an aromatic ring is 1. The number of rotatable bonds is 5. The number of nitrogens with one attached hydrogen (secondary N) is 1. The van der Waals surface area contributed by atoms with Crippen molar-refractivity contribution in [2.45, 2.75) is 25.7 Å². The minimum atomic E-state index is 0. The fourth-order valence-corrected chi connectivity index (χ4v) is 2.33. The van der Waals surface area contributed by atoms with Gasteiger partial charge in [-0.05, 0) is 42.9 Å². The molecule has 1 aromatic rings. The Hall–Kier alpha value is -1.26. The van der Waals surface area contributed by atoms with Gasteiger partial charge in [0.05, 0.1) is 6.42 Å². The van der Waals surface area contributed by atoms with E-state index in [1.54, 1.807) is 0 Å². The number of anilines is 1. The minimum absolute atomic E-state index is 0. The van der Waals surface area contributed by atoms with Gasteiger partial charge in [0.15, 0.2) is 0 Å². The van der Waals surface area contributed by atoms with Gasteiger partial charge in [-0.25, -0.2) is 0 Å². The summed E-state index contributed by atoms with van der Waals surface area (Å²) >= 11 is 0. The van der Waals surface area contributed by atoms with Crippen molar-refractivity contribution in [3.8, 4) is 0 Å². The molecule has 0 aliphatic carbocycles. The van der Waals surface area contributed by atoms with Crippen LogP contribution in [0.1, 0.15) is 24.8 Å². The predicted molar refractivity (Wildman–Crippen MR) is 83.0 cm³/mol. The molecule has 0 saturated carbocycles. The Morgan fingerprint density at radius 3 is 2.55 bits per heavy atom. The van der Waals surface area contributed by atoms with Crippen molar-refractivity contribution in [1.82, 2.24) is 5.32 Å². The smallest absolute Gasteiger partial charge is 0.224 e. The van der Waals surface area contributed by atoms with Crippen molar-refractivity contribution in [1.29, 1.82) is 0 Å².